The molecule has 2 aliphatic rings. The highest BCUT2D eigenvalue weighted by Gasteiger charge is 2.27. The molecule has 0 aromatic heterocycles. The monoisotopic (exact) mass is 310 g/mol. The zero-order chi connectivity index (χ0) is 15.8. The summed E-state index contributed by atoms with van der Waals surface area (Å²) in [6.45, 7) is 0.748. The number of carbonyl (C=O) groups excluding carboxylic acids is 1. The standard InChI is InChI=1S/C17H26O5/c18-15-12-14(22-17-9-5-6-10-21-17)11-13(15)7-3-1-2-4-8-16(19)20/h11,14,17H,1-10,12H2,(H,19,20)/t14-,17?/m0/s1. The van der Waals surface area contributed by atoms with Gasteiger partial charge in [0.15, 0.2) is 12.1 Å². The predicted molar refractivity (Wildman–Crippen MR) is 81.5 cm³/mol. The zero-order valence-corrected chi connectivity index (χ0v) is 13.1. The van der Waals surface area contributed by atoms with Gasteiger partial charge in [0.25, 0.3) is 0 Å². The van der Waals surface area contributed by atoms with Crippen molar-refractivity contribution in [2.45, 2.75) is 76.6 Å². The molecule has 1 aliphatic heterocycles. The molecule has 0 aromatic carbocycles. The average molecular weight is 310 g/mol. The second-order valence-electron chi connectivity index (χ2n) is 6.10. The van der Waals surface area contributed by atoms with Gasteiger partial charge in [0, 0.05) is 19.4 Å². The van der Waals surface area contributed by atoms with E-state index in [4.69, 9.17) is 14.6 Å². The van der Waals surface area contributed by atoms with Gasteiger partial charge in [-0.25, -0.2) is 0 Å². The quantitative estimate of drug-likeness (QED) is 0.662. The molecule has 2 rings (SSSR count). The van der Waals surface area contributed by atoms with Crippen molar-refractivity contribution in [2.24, 2.45) is 0 Å². The molecule has 1 aliphatic carbocycles. The Bertz CT molecular complexity index is 409. The Labute approximate surface area is 131 Å². The van der Waals surface area contributed by atoms with Crippen LogP contribution in [0.1, 0.15) is 64.2 Å². The van der Waals surface area contributed by atoms with Crippen LogP contribution in [0.4, 0.5) is 0 Å². The van der Waals surface area contributed by atoms with E-state index in [-0.39, 0.29) is 24.6 Å². The molecular weight excluding hydrogens is 284 g/mol. The minimum absolute atomic E-state index is 0.127. The summed E-state index contributed by atoms with van der Waals surface area (Å²) >= 11 is 0. The number of carboxylic acids is 1. The summed E-state index contributed by atoms with van der Waals surface area (Å²) in [5.74, 6) is -0.551. The fraction of sp³-hybridized carbons (Fsp3) is 0.765. The predicted octanol–water partition coefficient (Wildman–Crippen LogP) is 3.22. The van der Waals surface area contributed by atoms with E-state index >= 15 is 0 Å². The number of unbranched alkanes of at least 4 members (excludes halogenated alkanes) is 3. The third kappa shape index (κ3) is 5.89. The number of rotatable bonds is 9. The Hall–Kier alpha value is -1.20. The Balaban J connectivity index is 1.63. The Morgan fingerprint density at radius 2 is 2.09 bits per heavy atom. The first-order chi connectivity index (χ1) is 10.6. The van der Waals surface area contributed by atoms with Gasteiger partial charge in [0.05, 0.1) is 6.10 Å². The Morgan fingerprint density at radius 1 is 1.27 bits per heavy atom. The lowest BCUT2D eigenvalue weighted by Crippen LogP contribution is -2.26. The van der Waals surface area contributed by atoms with Crippen LogP contribution >= 0.6 is 0 Å². The van der Waals surface area contributed by atoms with Crippen LogP contribution in [0.3, 0.4) is 0 Å². The second-order valence-corrected chi connectivity index (χ2v) is 6.10. The summed E-state index contributed by atoms with van der Waals surface area (Å²) in [6.07, 6.45) is 9.77. The van der Waals surface area contributed by atoms with Gasteiger partial charge in [-0.15, -0.1) is 0 Å². The number of allylic oxidation sites excluding steroid dienone is 1. The van der Waals surface area contributed by atoms with Crippen LogP contribution in [-0.2, 0) is 19.1 Å². The molecule has 22 heavy (non-hydrogen) atoms. The van der Waals surface area contributed by atoms with Crippen molar-refractivity contribution in [3.63, 3.8) is 0 Å². The molecule has 0 amide bonds. The molecule has 1 saturated heterocycles. The van der Waals surface area contributed by atoms with Gasteiger partial charge in [0.1, 0.15) is 0 Å². The van der Waals surface area contributed by atoms with Gasteiger partial charge in [-0.1, -0.05) is 12.8 Å². The maximum atomic E-state index is 12.0. The summed E-state index contributed by atoms with van der Waals surface area (Å²) in [5.41, 5.74) is 0.874. The average Bonchev–Trinajstić information content (AvgIpc) is 2.83. The molecule has 1 heterocycles. The number of hydrogen-bond donors (Lipinski definition) is 1. The van der Waals surface area contributed by atoms with Crippen LogP contribution in [0.25, 0.3) is 0 Å². The van der Waals surface area contributed by atoms with E-state index in [1.807, 2.05) is 6.08 Å². The van der Waals surface area contributed by atoms with Crippen molar-refractivity contribution in [3.8, 4) is 0 Å². The summed E-state index contributed by atoms with van der Waals surface area (Å²) in [7, 11) is 0. The van der Waals surface area contributed by atoms with Crippen molar-refractivity contribution < 1.29 is 24.2 Å². The lowest BCUT2D eigenvalue weighted by molar-refractivity contribution is -0.178. The number of aliphatic carboxylic acids is 1. The molecular formula is C17H26O5. The van der Waals surface area contributed by atoms with Crippen LogP contribution in [0.15, 0.2) is 11.6 Å². The third-order valence-corrected chi connectivity index (χ3v) is 4.18. The van der Waals surface area contributed by atoms with E-state index in [2.05, 4.69) is 0 Å². The topological polar surface area (TPSA) is 72.8 Å². The van der Waals surface area contributed by atoms with Gasteiger partial charge in [-0.2, -0.15) is 0 Å². The Morgan fingerprint density at radius 3 is 2.82 bits per heavy atom. The maximum absolute atomic E-state index is 12.0. The van der Waals surface area contributed by atoms with Crippen molar-refractivity contribution in [1.29, 1.82) is 0 Å². The van der Waals surface area contributed by atoms with Crippen molar-refractivity contribution in [2.75, 3.05) is 6.61 Å². The molecule has 1 unspecified atom stereocenters. The Kier molecular flexibility index (Phi) is 7.06. The van der Waals surface area contributed by atoms with Crippen molar-refractivity contribution in [1.82, 2.24) is 0 Å². The van der Waals surface area contributed by atoms with E-state index in [9.17, 15) is 9.59 Å². The van der Waals surface area contributed by atoms with Crippen molar-refractivity contribution >= 4 is 11.8 Å². The number of ketones is 1. The van der Waals surface area contributed by atoms with Crippen molar-refractivity contribution in [3.05, 3.63) is 11.6 Å². The van der Waals surface area contributed by atoms with E-state index in [0.29, 0.717) is 12.8 Å². The lowest BCUT2D eigenvalue weighted by atomic mass is 10.0. The number of carbonyl (C=O) groups is 2. The molecule has 0 spiro atoms. The molecule has 0 saturated carbocycles. The van der Waals surface area contributed by atoms with Gasteiger partial charge in [-0.3, -0.25) is 9.59 Å². The van der Waals surface area contributed by atoms with Crippen LogP contribution < -0.4 is 0 Å². The lowest BCUT2D eigenvalue weighted by Gasteiger charge is -2.24. The fourth-order valence-corrected chi connectivity index (χ4v) is 2.96. The second kappa shape index (κ2) is 9.06. The van der Waals surface area contributed by atoms with Gasteiger partial charge in [0.2, 0.25) is 0 Å². The highest BCUT2D eigenvalue weighted by Crippen LogP contribution is 2.25. The van der Waals surface area contributed by atoms with E-state index in [0.717, 1.165) is 57.1 Å². The molecule has 0 aromatic rings. The molecule has 1 N–H and O–H groups in total. The van der Waals surface area contributed by atoms with E-state index in [1.54, 1.807) is 0 Å². The molecule has 0 radical (unpaired) electrons. The normalized spacial score (nSPS) is 25.3. The minimum atomic E-state index is -0.737. The summed E-state index contributed by atoms with van der Waals surface area (Å²) in [6, 6.07) is 0. The van der Waals surface area contributed by atoms with E-state index in [1.165, 1.54) is 0 Å². The highest BCUT2D eigenvalue weighted by atomic mass is 16.7. The summed E-state index contributed by atoms with van der Waals surface area (Å²) < 4.78 is 11.4. The first-order valence-corrected chi connectivity index (χ1v) is 8.38. The minimum Gasteiger partial charge on any atom is -0.481 e. The highest BCUT2D eigenvalue weighted by molar-refractivity contribution is 5.98. The number of ether oxygens (including phenoxy) is 2. The number of hydrogen-bond acceptors (Lipinski definition) is 4. The van der Waals surface area contributed by atoms with Gasteiger partial charge >= 0.3 is 5.97 Å². The smallest absolute Gasteiger partial charge is 0.303 e. The molecule has 1 fully saturated rings. The van der Waals surface area contributed by atoms with Crippen LogP contribution in [0.5, 0.6) is 0 Å². The molecule has 2 atom stereocenters. The molecule has 5 nitrogen and oxygen atoms in total. The number of Topliss-reactive ketones (excluding diaryl/α,β-unsaturated/α-hetero) is 1. The van der Waals surface area contributed by atoms with Gasteiger partial charge < -0.3 is 14.6 Å². The van der Waals surface area contributed by atoms with E-state index < -0.39 is 5.97 Å². The summed E-state index contributed by atoms with van der Waals surface area (Å²) in [4.78, 5) is 22.4. The molecule has 0 bridgehead atoms. The number of carboxylic acid groups (broad SMARTS) is 1. The first kappa shape index (κ1) is 17.2. The maximum Gasteiger partial charge on any atom is 0.303 e. The molecule has 124 valence electrons. The van der Waals surface area contributed by atoms with Gasteiger partial charge in [-0.05, 0) is 50.2 Å². The largest absolute Gasteiger partial charge is 0.481 e. The van der Waals surface area contributed by atoms with Crippen LogP contribution in [-0.4, -0.2) is 35.9 Å². The first-order valence-electron chi connectivity index (χ1n) is 8.38. The summed E-state index contributed by atoms with van der Waals surface area (Å²) in [5, 5.41) is 8.56. The zero-order valence-electron chi connectivity index (χ0n) is 13.1. The third-order valence-electron chi connectivity index (χ3n) is 4.18. The van der Waals surface area contributed by atoms with Crippen LogP contribution in [0, 0.1) is 0 Å². The van der Waals surface area contributed by atoms with Crippen LogP contribution in [0.2, 0.25) is 0 Å². The molecule has 5 heteroatoms. The fourth-order valence-electron chi connectivity index (χ4n) is 2.96. The SMILES string of the molecule is O=C(O)CCCCCCC1=C[C@H](OC2CCCCO2)CC1=O.